The van der Waals surface area contributed by atoms with E-state index in [2.05, 4.69) is 38.5 Å². The summed E-state index contributed by atoms with van der Waals surface area (Å²) in [6.07, 6.45) is 5.41. The SMILES string of the molecule is C=CC1=C(C=C(C)C)CN(C)CC1. The molecule has 0 bridgehead atoms. The molecular weight excluding hydrogens is 158 g/mol. The van der Waals surface area contributed by atoms with Gasteiger partial charge in [0, 0.05) is 13.1 Å². The number of rotatable bonds is 2. The first-order chi connectivity index (χ1) is 6.13. The van der Waals surface area contributed by atoms with Gasteiger partial charge in [0.25, 0.3) is 0 Å². The summed E-state index contributed by atoms with van der Waals surface area (Å²) in [5.74, 6) is 0. The highest BCUT2D eigenvalue weighted by Crippen LogP contribution is 2.19. The fourth-order valence-electron chi connectivity index (χ4n) is 1.66. The maximum Gasteiger partial charge on any atom is 0.0233 e. The third-order valence-electron chi connectivity index (χ3n) is 2.32. The number of hydrogen-bond donors (Lipinski definition) is 0. The van der Waals surface area contributed by atoms with Crippen LogP contribution in [0.15, 0.2) is 35.5 Å². The molecule has 0 aromatic rings. The zero-order chi connectivity index (χ0) is 9.84. The van der Waals surface area contributed by atoms with Crippen LogP contribution in [0.5, 0.6) is 0 Å². The Bertz CT molecular complexity index is 254. The van der Waals surface area contributed by atoms with E-state index >= 15 is 0 Å². The standard InChI is InChI=1S/C12H19N/c1-5-11-6-7-13(4)9-12(11)8-10(2)3/h5,8H,1,6-7,9H2,2-4H3. The second-order valence-corrected chi connectivity index (χ2v) is 3.96. The summed E-state index contributed by atoms with van der Waals surface area (Å²) in [5.41, 5.74) is 4.22. The molecule has 0 saturated heterocycles. The highest BCUT2D eigenvalue weighted by molar-refractivity contribution is 5.36. The van der Waals surface area contributed by atoms with E-state index in [1.807, 2.05) is 6.08 Å². The van der Waals surface area contributed by atoms with Crippen LogP contribution >= 0.6 is 0 Å². The Balaban J connectivity index is 2.91. The van der Waals surface area contributed by atoms with E-state index in [4.69, 9.17) is 0 Å². The molecule has 0 amide bonds. The number of likely N-dealkylation sites (N-methyl/N-ethyl adjacent to an activating group) is 1. The van der Waals surface area contributed by atoms with Crippen LogP contribution in [0.2, 0.25) is 0 Å². The van der Waals surface area contributed by atoms with Crippen molar-refractivity contribution >= 4 is 0 Å². The molecule has 0 aliphatic carbocycles. The minimum atomic E-state index is 1.06. The third-order valence-corrected chi connectivity index (χ3v) is 2.32. The molecule has 1 heterocycles. The van der Waals surface area contributed by atoms with Crippen molar-refractivity contribution in [1.82, 2.24) is 4.90 Å². The Hall–Kier alpha value is -0.820. The van der Waals surface area contributed by atoms with Crippen LogP contribution in [0, 0.1) is 0 Å². The lowest BCUT2D eigenvalue weighted by Gasteiger charge is -2.25. The van der Waals surface area contributed by atoms with Crippen LogP contribution in [0.4, 0.5) is 0 Å². The zero-order valence-corrected chi connectivity index (χ0v) is 8.93. The molecule has 0 saturated carbocycles. The van der Waals surface area contributed by atoms with E-state index in [-0.39, 0.29) is 0 Å². The fraction of sp³-hybridized carbons (Fsp3) is 0.500. The lowest BCUT2D eigenvalue weighted by molar-refractivity contribution is 0.353. The molecule has 0 spiro atoms. The van der Waals surface area contributed by atoms with Crippen molar-refractivity contribution in [3.8, 4) is 0 Å². The van der Waals surface area contributed by atoms with Crippen LogP contribution in [0.25, 0.3) is 0 Å². The normalized spacial score (nSPS) is 18.7. The van der Waals surface area contributed by atoms with Crippen LogP contribution in [0.3, 0.4) is 0 Å². The Morgan fingerprint density at radius 3 is 2.62 bits per heavy atom. The monoisotopic (exact) mass is 177 g/mol. The Morgan fingerprint density at radius 2 is 2.08 bits per heavy atom. The van der Waals surface area contributed by atoms with Crippen molar-refractivity contribution in [1.29, 1.82) is 0 Å². The van der Waals surface area contributed by atoms with Gasteiger partial charge in [-0.2, -0.15) is 0 Å². The summed E-state index contributed by atoms with van der Waals surface area (Å²) in [6.45, 7) is 10.4. The molecule has 72 valence electrons. The lowest BCUT2D eigenvalue weighted by atomic mass is 9.99. The van der Waals surface area contributed by atoms with E-state index < -0.39 is 0 Å². The molecule has 0 atom stereocenters. The van der Waals surface area contributed by atoms with E-state index in [0.29, 0.717) is 0 Å². The molecule has 0 N–H and O–H groups in total. The van der Waals surface area contributed by atoms with Gasteiger partial charge < -0.3 is 4.90 Å². The predicted octanol–water partition coefficient (Wildman–Crippen LogP) is 2.77. The average Bonchev–Trinajstić information content (AvgIpc) is 2.03. The van der Waals surface area contributed by atoms with Crippen LogP contribution in [-0.2, 0) is 0 Å². The average molecular weight is 177 g/mol. The summed E-state index contributed by atoms with van der Waals surface area (Å²) < 4.78 is 0. The quantitative estimate of drug-likeness (QED) is 0.627. The lowest BCUT2D eigenvalue weighted by Crippen LogP contribution is -2.27. The highest BCUT2D eigenvalue weighted by atomic mass is 15.1. The van der Waals surface area contributed by atoms with E-state index in [1.54, 1.807) is 0 Å². The molecule has 0 radical (unpaired) electrons. The van der Waals surface area contributed by atoms with Gasteiger partial charge in [0.05, 0.1) is 0 Å². The highest BCUT2D eigenvalue weighted by Gasteiger charge is 2.11. The van der Waals surface area contributed by atoms with E-state index in [1.165, 1.54) is 16.7 Å². The summed E-state index contributed by atoms with van der Waals surface area (Å²) in [4.78, 5) is 2.35. The van der Waals surface area contributed by atoms with Gasteiger partial charge in [-0.05, 0) is 38.5 Å². The molecule has 1 rings (SSSR count). The number of allylic oxidation sites excluding steroid dienone is 2. The minimum Gasteiger partial charge on any atom is -0.302 e. The molecule has 0 aromatic carbocycles. The Morgan fingerprint density at radius 1 is 1.38 bits per heavy atom. The van der Waals surface area contributed by atoms with Crippen LogP contribution < -0.4 is 0 Å². The third kappa shape index (κ3) is 2.85. The van der Waals surface area contributed by atoms with Gasteiger partial charge in [-0.15, -0.1) is 0 Å². The fourth-order valence-corrected chi connectivity index (χ4v) is 1.66. The molecule has 13 heavy (non-hydrogen) atoms. The summed E-state index contributed by atoms with van der Waals surface area (Å²) in [6, 6.07) is 0. The first-order valence-electron chi connectivity index (χ1n) is 4.81. The van der Waals surface area contributed by atoms with Gasteiger partial charge in [0.1, 0.15) is 0 Å². The second kappa shape index (κ2) is 4.43. The Labute approximate surface area is 81.4 Å². The largest absolute Gasteiger partial charge is 0.302 e. The van der Waals surface area contributed by atoms with Gasteiger partial charge in [-0.25, -0.2) is 0 Å². The maximum absolute atomic E-state index is 3.86. The van der Waals surface area contributed by atoms with E-state index in [9.17, 15) is 0 Å². The molecule has 1 nitrogen and oxygen atoms in total. The predicted molar refractivity (Wildman–Crippen MR) is 58.8 cm³/mol. The molecule has 1 aliphatic heterocycles. The maximum atomic E-state index is 3.86. The van der Waals surface area contributed by atoms with Crippen molar-refractivity contribution in [2.24, 2.45) is 0 Å². The van der Waals surface area contributed by atoms with Gasteiger partial charge in [0.2, 0.25) is 0 Å². The van der Waals surface area contributed by atoms with Crippen molar-refractivity contribution in [3.63, 3.8) is 0 Å². The summed E-state index contributed by atoms with van der Waals surface area (Å²) in [7, 11) is 2.17. The molecule has 0 unspecified atom stereocenters. The smallest absolute Gasteiger partial charge is 0.0233 e. The Kier molecular flexibility index (Phi) is 3.49. The molecule has 1 aliphatic rings. The van der Waals surface area contributed by atoms with Gasteiger partial charge in [0.15, 0.2) is 0 Å². The van der Waals surface area contributed by atoms with Crippen LogP contribution in [-0.4, -0.2) is 25.0 Å². The first kappa shape index (κ1) is 10.3. The minimum absolute atomic E-state index is 1.06. The number of nitrogens with zero attached hydrogens (tertiary/aromatic N) is 1. The van der Waals surface area contributed by atoms with E-state index in [0.717, 1.165) is 19.5 Å². The topological polar surface area (TPSA) is 3.24 Å². The van der Waals surface area contributed by atoms with Gasteiger partial charge in [-0.3, -0.25) is 0 Å². The zero-order valence-electron chi connectivity index (χ0n) is 8.93. The van der Waals surface area contributed by atoms with Crippen molar-refractivity contribution in [2.45, 2.75) is 20.3 Å². The first-order valence-corrected chi connectivity index (χ1v) is 4.81. The van der Waals surface area contributed by atoms with Crippen LogP contribution in [0.1, 0.15) is 20.3 Å². The molecule has 0 aromatic heterocycles. The molecule has 0 fully saturated rings. The van der Waals surface area contributed by atoms with Crippen molar-refractivity contribution in [3.05, 3.63) is 35.5 Å². The summed E-state index contributed by atoms with van der Waals surface area (Å²) in [5, 5.41) is 0. The summed E-state index contributed by atoms with van der Waals surface area (Å²) >= 11 is 0. The number of hydrogen-bond acceptors (Lipinski definition) is 1. The molecular formula is C12H19N. The van der Waals surface area contributed by atoms with Gasteiger partial charge >= 0.3 is 0 Å². The van der Waals surface area contributed by atoms with Crippen molar-refractivity contribution < 1.29 is 0 Å². The van der Waals surface area contributed by atoms with Gasteiger partial charge in [-0.1, -0.05) is 24.3 Å². The molecule has 1 heteroatoms. The van der Waals surface area contributed by atoms with Crippen molar-refractivity contribution in [2.75, 3.05) is 20.1 Å². The second-order valence-electron chi connectivity index (χ2n) is 3.96.